The smallest absolute Gasteiger partial charge is 0.224 e. The quantitative estimate of drug-likeness (QED) is 0.792. The summed E-state index contributed by atoms with van der Waals surface area (Å²) in [7, 11) is 0. The van der Waals surface area contributed by atoms with E-state index in [0.717, 1.165) is 57.0 Å². The highest BCUT2D eigenvalue weighted by molar-refractivity contribution is 5.96. The molecule has 0 saturated carbocycles. The molecule has 1 amide bonds. The van der Waals surface area contributed by atoms with Gasteiger partial charge in [0.1, 0.15) is 0 Å². The van der Waals surface area contributed by atoms with Crippen LogP contribution in [0.25, 0.3) is 0 Å². The van der Waals surface area contributed by atoms with Gasteiger partial charge in [0.05, 0.1) is 17.9 Å². The Hall–Kier alpha value is -1.69. The minimum absolute atomic E-state index is 0.0294. The number of nitrogens with zero attached hydrogens (tertiary/aromatic N) is 3. The van der Waals surface area contributed by atoms with Crippen LogP contribution in [0.2, 0.25) is 0 Å². The number of piperidine rings is 1. The molecular weight excluding hydrogens is 306 g/mol. The third-order valence-electron chi connectivity index (χ3n) is 5.47. The van der Waals surface area contributed by atoms with E-state index in [1.54, 1.807) is 11.6 Å². The highest BCUT2D eigenvalue weighted by Crippen LogP contribution is 2.37. The maximum absolute atomic E-state index is 12.6. The average Bonchev–Trinajstić information content (AvgIpc) is 3.09. The summed E-state index contributed by atoms with van der Waals surface area (Å²) in [6.07, 6.45) is 3.71. The summed E-state index contributed by atoms with van der Waals surface area (Å²) in [6.45, 7) is 9.10. The van der Waals surface area contributed by atoms with Crippen LogP contribution in [0.15, 0.2) is 0 Å². The van der Waals surface area contributed by atoms with E-state index in [9.17, 15) is 9.59 Å². The number of Topliss-reactive ketones (excluding diaryl/α,β-unsaturated/α-hetero) is 1. The van der Waals surface area contributed by atoms with Crippen molar-refractivity contribution >= 4 is 11.7 Å². The molecule has 0 aliphatic carbocycles. The highest BCUT2D eigenvalue weighted by atomic mass is 16.5. The lowest BCUT2D eigenvalue weighted by Gasteiger charge is -2.39. The fraction of sp³-hybridized carbons (Fsp3) is 0.722. The van der Waals surface area contributed by atoms with Gasteiger partial charge in [0, 0.05) is 43.8 Å². The van der Waals surface area contributed by atoms with Gasteiger partial charge < -0.3 is 9.64 Å². The molecule has 3 rings (SSSR count). The summed E-state index contributed by atoms with van der Waals surface area (Å²) in [6, 6.07) is 0. The molecule has 2 aliphatic heterocycles. The predicted molar refractivity (Wildman–Crippen MR) is 90.0 cm³/mol. The summed E-state index contributed by atoms with van der Waals surface area (Å²) in [4.78, 5) is 26.3. The van der Waals surface area contributed by atoms with Gasteiger partial charge in [0.2, 0.25) is 5.91 Å². The van der Waals surface area contributed by atoms with Crippen LogP contribution in [0.1, 0.15) is 54.4 Å². The molecule has 2 saturated heterocycles. The van der Waals surface area contributed by atoms with Gasteiger partial charge in [0.25, 0.3) is 0 Å². The fourth-order valence-electron chi connectivity index (χ4n) is 4.18. The number of likely N-dealkylation sites (tertiary alicyclic amines) is 1. The molecule has 1 aromatic rings. The SMILES string of the molecule is CC(=O)c1c(C)nn(CCC(=O)N2CCC[C@]3(CCOC3)C2)c1C. The molecule has 6 nitrogen and oxygen atoms in total. The first-order valence-electron chi connectivity index (χ1n) is 8.82. The molecule has 1 atom stereocenters. The molecule has 0 unspecified atom stereocenters. The topological polar surface area (TPSA) is 64.4 Å². The predicted octanol–water partition coefficient (Wildman–Crippen LogP) is 2.12. The number of hydrogen-bond acceptors (Lipinski definition) is 4. The van der Waals surface area contributed by atoms with E-state index < -0.39 is 0 Å². The van der Waals surface area contributed by atoms with Crippen LogP contribution in [-0.2, 0) is 16.1 Å². The van der Waals surface area contributed by atoms with E-state index in [1.807, 2.05) is 18.7 Å². The Morgan fingerprint density at radius 1 is 1.29 bits per heavy atom. The number of amides is 1. The van der Waals surface area contributed by atoms with Crippen molar-refractivity contribution in [3.05, 3.63) is 17.0 Å². The van der Waals surface area contributed by atoms with Crippen molar-refractivity contribution in [1.82, 2.24) is 14.7 Å². The standard InChI is InChI=1S/C18H27N3O3/c1-13-17(15(3)22)14(2)21(19-13)9-5-16(23)20-8-4-6-18(11-20)7-10-24-12-18/h4-12H2,1-3H3/t18-/m0/s1. The summed E-state index contributed by atoms with van der Waals surface area (Å²) in [5, 5.41) is 4.42. The maximum atomic E-state index is 12.6. The monoisotopic (exact) mass is 333 g/mol. The Morgan fingerprint density at radius 2 is 2.08 bits per heavy atom. The Bertz CT molecular complexity index is 644. The van der Waals surface area contributed by atoms with Crippen molar-refractivity contribution in [2.75, 3.05) is 26.3 Å². The van der Waals surface area contributed by atoms with E-state index in [0.29, 0.717) is 18.5 Å². The van der Waals surface area contributed by atoms with Gasteiger partial charge in [-0.05, 0) is 40.0 Å². The molecule has 2 fully saturated rings. The second-order valence-electron chi connectivity index (χ2n) is 7.30. The van der Waals surface area contributed by atoms with Crippen LogP contribution in [0, 0.1) is 19.3 Å². The van der Waals surface area contributed by atoms with E-state index in [-0.39, 0.29) is 17.1 Å². The van der Waals surface area contributed by atoms with Crippen LogP contribution in [0.5, 0.6) is 0 Å². The lowest BCUT2D eigenvalue weighted by atomic mass is 9.79. The molecule has 1 aromatic heterocycles. The molecule has 3 heterocycles. The first-order chi connectivity index (χ1) is 11.4. The summed E-state index contributed by atoms with van der Waals surface area (Å²) < 4.78 is 7.36. The van der Waals surface area contributed by atoms with Crippen LogP contribution in [0.3, 0.4) is 0 Å². The largest absolute Gasteiger partial charge is 0.381 e. The van der Waals surface area contributed by atoms with Gasteiger partial charge in [0.15, 0.2) is 5.78 Å². The molecule has 0 N–H and O–H groups in total. The minimum Gasteiger partial charge on any atom is -0.381 e. The van der Waals surface area contributed by atoms with Gasteiger partial charge in [-0.25, -0.2) is 0 Å². The molecule has 0 radical (unpaired) electrons. The molecule has 0 aromatic carbocycles. The third kappa shape index (κ3) is 3.24. The van der Waals surface area contributed by atoms with Crippen molar-refractivity contribution < 1.29 is 14.3 Å². The molecule has 132 valence electrons. The van der Waals surface area contributed by atoms with E-state index in [2.05, 4.69) is 5.10 Å². The highest BCUT2D eigenvalue weighted by Gasteiger charge is 2.40. The number of hydrogen-bond donors (Lipinski definition) is 0. The number of aromatic nitrogens is 2. The maximum Gasteiger partial charge on any atom is 0.224 e. The van der Waals surface area contributed by atoms with Crippen molar-refractivity contribution in [2.24, 2.45) is 5.41 Å². The van der Waals surface area contributed by atoms with Gasteiger partial charge in [-0.3, -0.25) is 14.3 Å². The summed E-state index contributed by atoms with van der Waals surface area (Å²) >= 11 is 0. The van der Waals surface area contributed by atoms with Crippen molar-refractivity contribution in [3.8, 4) is 0 Å². The van der Waals surface area contributed by atoms with E-state index in [1.165, 1.54) is 0 Å². The number of aryl methyl sites for hydroxylation is 2. The Morgan fingerprint density at radius 3 is 2.71 bits per heavy atom. The number of carbonyl (C=O) groups excluding carboxylic acids is 2. The van der Waals surface area contributed by atoms with Gasteiger partial charge >= 0.3 is 0 Å². The molecule has 24 heavy (non-hydrogen) atoms. The molecular formula is C18H27N3O3. The summed E-state index contributed by atoms with van der Waals surface area (Å²) in [5.41, 5.74) is 2.47. The zero-order valence-electron chi connectivity index (χ0n) is 14.9. The zero-order chi connectivity index (χ0) is 17.3. The second-order valence-corrected chi connectivity index (χ2v) is 7.30. The van der Waals surface area contributed by atoms with E-state index in [4.69, 9.17) is 4.74 Å². The van der Waals surface area contributed by atoms with Crippen molar-refractivity contribution in [1.29, 1.82) is 0 Å². The van der Waals surface area contributed by atoms with Gasteiger partial charge in [-0.2, -0.15) is 5.10 Å². The second kappa shape index (κ2) is 6.67. The van der Waals surface area contributed by atoms with Crippen molar-refractivity contribution in [3.63, 3.8) is 0 Å². The Balaban J connectivity index is 1.61. The van der Waals surface area contributed by atoms with Crippen molar-refractivity contribution in [2.45, 2.75) is 53.0 Å². The normalized spacial score (nSPS) is 23.9. The fourth-order valence-corrected chi connectivity index (χ4v) is 4.18. The molecule has 2 aliphatic rings. The van der Waals surface area contributed by atoms with Gasteiger partial charge in [-0.1, -0.05) is 0 Å². The Labute approximate surface area is 143 Å². The number of ether oxygens (including phenoxy) is 1. The molecule has 0 bridgehead atoms. The van der Waals surface area contributed by atoms with Gasteiger partial charge in [-0.15, -0.1) is 0 Å². The molecule has 6 heteroatoms. The van der Waals surface area contributed by atoms with Crippen LogP contribution in [0.4, 0.5) is 0 Å². The lowest BCUT2D eigenvalue weighted by Crippen LogP contribution is -2.46. The minimum atomic E-state index is 0.0294. The van der Waals surface area contributed by atoms with E-state index >= 15 is 0 Å². The third-order valence-corrected chi connectivity index (χ3v) is 5.47. The van der Waals surface area contributed by atoms with Crippen LogP contribution in [-0.4, -0.2) is 52.7 Å². The summed E-state index contributed by atoms with van der Waals surface area (Å²) in [5.74, 6) is 0.208. The Kier molecular flexibility index (Phi) is 4.76. The lowest BCUT2D eigenvalue weighted by molar-refractivity contribution is -0.135. The first kappa shape index (κ1) is 17.1. The van der Waals surface area contributed by atoms with Crippen LogP contribution >= 0.6 is 0 Å². The van der Waals surface area contributed by atoms with Crippen LogP contribution < -0.4 is 0 Å². The average molecular weight is 333 g/mol. The zero-order valence-corrected chi connectivity index (χ0v) is 14.9. The number of rotatable bonds is 4. The molecule has 1 spiro atoms. The number of carbonyl (C=O) groups is 2. The number of ketones is 1. The first-order valence-corrected chi connectivity index (χ1v) is 8.82.